The summed E-state index contributed by atoms with van der Waals surface area (Å²) in [6, 6.07) is 2.13. The van der Waals surface area contributed by atoms with Crippen molar-refractivity contribution in [2.45, 2.75) is 46.1 Å². The highest BCUT2D eigenvalue weighted by atomic mass is 16.3. The van der Waals surface area contributed by atoms with Crippen LogP contribution in [0.2, 0.25) is 0 Å². The third-order valence-electron chi connectivity index (χ3n) is 4.02. The maximum absolute atomic E-state index is 9.92. The molecule has 2 nitrogen and oxygen atoms in total. The molecule has 0 bridgehead atoms. The van der Waals surface area contributed by atoms with Crippen LogP contribution in [-0.2, 0) is 5.54 Å². The molecule has 2 heteroatoms. The molecule has 2 rings (SSSR count). The molecule has 0 radical (unpaired) electrons. The van der Waals surface area contributed by atoms with Gasteiger partial charge in [-0.3, -0.25) is 0 Å². The van der Waals surface area contributed by atoms with E-state index < -0.39 is 0 Å². The Labute approximate surface area is 97.7 Å². The first-order chi connectivity index (χ1) is 7.46. The van der Waals surface area contributed by atoms with Gasteiger partial charge in [-0.2, -0.15) is 0 Å². The normalized spacial score (nSPS) is 25.0. The van der Waals surface area contributed by atoms with Crippen LogP contribution in [0.4, 0.5) is 0 Å². The molecule has 1 aliphatic heterocycles. The Morgan fingerprint density at radius 2 is 1.94 bits per heavy atom. The monoisotopic (exact) mass is 219 g/mol. The lowest BCUT2D eigenvalue weighted by molar-refractivity contribution is 0.427. The summed E-state index contributed by atoms with van der Waals surface area (Å²) >= 11 is 0. The highest BCUT2D eigenvalue weighted by Gasteiger charge is 2.32. The van der Waals surface area contributed by atoms with E-state index in [4.69, 9.17) is 0 Å². The van der Waals surface area contributed by atoms with Gasteiger partial charge in [0.1, 0.15) is 5.75 Å². The molecule has 1 atom stereocenters. The second-order valence-electron chi connectivity index (χ2n) is 5.20. The second-order valence-corrected chi connectivity index (χ2v) is 5.20. The lowest BCUT2D eigenvalue weighted by Gasteiger charge is -2.28. The van der Waals surface area contributed by atoms with Gasteiger partial charge >= 0.3 is 0 Å². The number of rotatable bonds is 1. The van der Waals surface area contributed by atoms with E-state index in [0.717, 1.165) is 17.7 Å². The molecule has 88 valence electrons. The lowest BCUT2D eigenvalue weighted by Crippen LogP contribution is -2.34. The van der Waals surface area contributed by atoms with Crippen molar-refractivity contribution in [1.82, 2.24) is 5.32 Å². The summed E-state index contributed by atoms with van der Waals surface area (Å²) in [4.78, 5) is 0. The van der Waals surface area contributed by atoms with Crippen molar-refractivity contribution < 1.29 is 5.11 Å². The smallest absolute Gasteiger partial charge is 0.121 e. The van der Waals surface area contributed by atoms with E-state index in [9.17, 15) is 5.11 Å². The third kappa shape index (κ3) is 1.61. The van der Waals surface area contributed by atoms with E-state index >= 15 is 0 Å². The van der Waals surface area contributed by atoms with E-state index in [1.54, 1.807) is 0 Å². The highest BCUT2D eigenvalue weighted by molar-refractivity contribution is 5.50. The molecule has 0 amide bonds. The topological polar surface area (TPSA) is 32.3 Å². The maximum Gasteiger partial charge on any atom is 0.121 e. The van der Waals surface area contributed by atoms with Crippen LogP contribution in [-0.4, -0.2) is 11.7 Å². The fourth-order valence-electron chi connectivity index (χ4n) is 2.77. The number of phenolic OH excluding ortho intramolecular Hbond substituents is 1. The standard InChI is InChI=1S/C14H21NO/c1-9-8-12(10(2)11(3)13(9)16)14(4)6-5-7-15-14/h8,15-16H,5-7H2,1-4H3. The molecule has 1 aliphatic rings. The Balaban J connectivity index is 2.57. The summed E-state index contributed by atoms with van der Waals surface area (Å²) in [6.07, 6.45) is 2.41. The van der Waals surface area contributed by atoms with Gasteiger partial charge in [0, 0.05) is 5.54 Å². The number of aromatic hydroxyl groups is 1. The van der Waals surface area contributed by atoms with E-state index in [-0.39, 0.29) is 5.54 Å². The Hall–Kier alpha value is -1.02. The van der Waals surface area contributed by atoms with Crippen LogP contribution in [0, 0.1) is 20.8 Å². The molecule has 1 saturated heterocycles. The van der Waals surface area contributed by atoms with Crippen LogP contribution in [0.5, 0.6) is 5.75 Å². The molecular formula is C14H21NO. The molecule has 1 unspecified atom stereocenters. The van der Waals surface area contributed by atoms with E-state index in [2.05, 4.69) is 25.2 Å². The maximum atomic E-state index is 9.92. The Morgan fingerprint density at radius 3 is 2.50 bits per heavy atom. The van der Waals surface area contributed by atoms with Crippen molar-refractivity contribution in [1.29, 1.82) is 0 Å². The number of nitrogens with one attached hydrogen (secondary N) is 1. The Bertz CT molecular complexity index is 417. The molecule has 0 spiro atoms. The number of hydrogen-bond acceptors (Lipinski definition) is 2. The molecule has 0 aliphatic carbocycles. The summed E-state index contributed by atoms with van der Waals surface area (Å²) in [5.41, 5.74) is 4.66. The van der Waals surface area contributed by atoms with Gasteiger partial charge in [-0.05, 0) is 69.3 Å². The van der Waals surface area contributed by atoms with Gasteiger partial charge < -0.3 is 10.4 Å². The third-order valence-corrected chi connectivity index (χ3v) is 4.02. The quantitative estimate of drug-likeness (QED) is 0.761. The van der Waals surface area contributed by atoms with Gasteiger partial charge in [0.2, 0.25) is 0 Å². The van der Waals surface area contributed by atoms with Crippen LogP contribution in [0.3, 0.4) is 0 Å². The minimum atomic E-state index is 0.0906. The molecule has 1 aromatic carbocycles. The largest absolute Gasteiger partial charge is 0.507 e. The Kier molecular flexibility index (Phi) is 2.70. The lowest BCUT2D eigenvalue weighted by atomic mass is 9.84. The van der Waals surface area contributed by atoms with Crippen molar-refractivity contribution in [3.8, 4) is 5.75 Å². The van der Waals surface area contributed by atoms with E-state index in [1.807, 2.05) is 13.8 Å². The SMILES string of the molecule is Cc1cc(C2(C)CCCN2)c(C)c(C)c1O. The van der Waals surface area contributed by atoms with Crippen LogP contribution in [0.1, 0.15) is 42.0 Å². The summed E-state index contributed by atoms with van der Waals surface area (Å²) in [5.74, 6) is 0.447. The van der Waals surface area contributed by atoms with Gasteiger partial charge in [-0.15, -0.1) is 0 Å². The van der Waals surface area contributed by atoms with Gasteiger partial charge in [0.05, 0.1) is 0 Å². The molecule has 1 fully saturated rings. The second kappa shape index (κ2) is 3.77. The summed E-state index contributed by atoms with van der Waals surface area (Å²) in [5, 5.41) is 13.5. The zero-order chi connectivity index (χ0) is 11.9. The zero-order valence-corrected chi connectivity index (χ0v) is 10.6. The molecule has 0 aromatic heterocycles. The zero-order valence-electron chi connectivity index (χ0n) is 10.6. The summed E-state index contributed by atoms with van der Waals surface area (Å²) < 4.78 is 0. The van der Waals surface area contributed by atoms with Crippen LogP contribution in [0.25, 0.3) is 0 Å². The minimum absolute atomic E-state index is 0.0906. The van der Waals surface area contributed by atoms with Gasteiger partial charge in [-0.25, -0.2) is 0 Å². The van der Waals surface area contributed by atoms with Gasteiger partial charge in [-0.1, -0.05) is 6.07 Å². The van der Waals surface area contributed by atoms with Gasteiger partial charge in [0.15, 0.2) is 0 Å². The van der Waals surface area contributed by atoms with Crippen LogP contribution in [0.15, 0.2) is 6.07 Å². The van der Waals surface area contributed by atoms with Gasteiger partial charge in [0.25, 0.3) is 0 Å². The molecule has 1 heterocycles. The predicted molar refractivity (Wildman–Crippen MR) is 66.9 cm³/mol. The molecule has 1 aromatic rings. The minimum Gasteiger partial charge on any atom is -0.507 e. The number of hydrogen-bond donors (Lipinski definition) is 2. The average molecular weight is 219 g/mol. The predicted octanol–water partition coefficient (Wildman–Crippen LogP) is 2.92. The fourth-order valence-corrected chi connectivity index (χ4v) is 2.77. The summed E-state index contributed by atoms with van der Waals surface area (Å²) in [6.45, 7) is 9.44. The summed E-state index contributed by atoms with van der Waals surface area (Å²) in [7, 11) is 0. The van der Waals surface area contributed by atoms with Crippen LogP contribution >= 0.6 is 0 Å². The molecule has 16 heavy (non-hydrogen) atoms. The number of aryl methyl sites for hydroxylation is 1. The first-order valence-electron chi connectivity index (χ1n) is 6.01. The molecule has 2 N–H and O–H groups in total. The highest BCUT2D eigenvalue weighted by Crippen LogP contribution is 2.37. The first kappa shape index (κ1) is 11.5. The average Bonchev–Trinajstić information content (AvgIpc) is 2.68. The van der Waals surface area contributed by atoms with E-state index in [0.29, 0.717) is 5.75 Å². The number of phenols is 1. The van der Waals surface area contributed by atoms with Crippen molar-refractivity contribution >= 4 is 0 Å². The van der Waals surface area contributed by atoms with Crippen LogP contribution < -0.4 is 5.32 Å². The Morgan fingerprint density at radius 1 is 1.25 bits per heavy atom. The van der Waals surface area contributed by atoms with E-state index in [1.165, 1.54) is 24.0 Å². The van der Waals surface area contributed by atoms with Crippen molar-refractivity contribution in [2.75, 3.05) is 6.54 Å². The molecular weight excluding hydrogens is 198 g/mol. The number of benzene rings is 1. The molecule has 0 saturated carbocycles. The van der Waals surface area contributed by atoms with Crippen molar-refractivity contribution in [2.24, 2.45) is 0 Å². The van der Waals surface area contributed by atoms with Crippen molar-refractivity contribution in [3.63, 3.8) is 0 Å². The fraction of sp³-hybridized carbons (Fsp3) is 0.571. The van der Waals surface area contributed by atoms with Crippen molar-refractivity contribution in [3.05, 3.63) is 28.3 Å². The first-order valence-corrected chi connectivity index (χ1v) is 6.01.